The number of anilines is 1. The van der Waals surface area contributed by atoms with Crippen LogP contribution in [0, 0.1) is 6.92 Å². The van der Waals surface area contributed by atoms with Crippen LogP contribution in [0.3, 0.4) is 0 Å². The summed E-state index contributed by atoms with van der Waals surface area (Å²) in [6, 6.07) is 1.44. The number of hydrogen-bond donors (Lipinski definition) is 2. The average Bonchev–Trinajstić information content (AvgIpc) is 2.12. The van der Waals surface area contributed by atoms with E-state index < -0.39 is 0 Å². The first kappa shape index (κ1) is 10.5. The normalized spacial score (nSPS) is 9.86. The van der Waals surface area contributed by atoms with E-state index in [1.165, 1.54) is 6.07 Å². The van der Waals surface area contributed by atoms with E-state index in [1.54, 1.807) is 6.92 Å². The highest BCUT2D eigenvalue weighted by molar-refractivity contribution is 5.34. The summed E-state index contributed by atoms with van der Waals surface area (Å²) in [7, 11) is 0. The number of nitrogens with one attached hydrogen (secondary N) is 2. The molecule has 0 saturated carbocycles. The summed E-state index contributed by atoms with van der Waals surface area (Å²) in [5, 5.41) is 3.05. The lowest BCUT2D eigenvalue weighted by Gasteiger charge is -2.06. The molecule has 0 saturated heterocycles. The molecule has 1 rings (SSSR count). The van der Waals surface area contributed by atoms with Crippen LogP contribution in [-0.4, -0.2) is 16.5 Å². The van der Waals surface area contributed by atoms with Crippen molar-refractivity contribution in [2.45, 2.75) is 20.3 Å². The molecule has 0 radical (unpaired) electrons. The molecule has 0 aliphatic rings. The maximum atomic E-state index is 11.1. The highest BCUT2D eigenvalue weighted by Gasteiger charge is 1.97. The number of aryl methyl sites for hydroxylation is 1. The minimum absolute atomic E-state index is 0.137. The van der Waals surface area contributed by atoms with Gasteiger partial charge in [0.25, 0.3) is 5.56 Å². The Balaban J connectivity index is 2.68. The van der Waals surface area contributed by atoms with E-state index >= 15 is 0 Å². The first-order valence-electron chi connectivity index (χ1n) is 4.60. The van der Waals surface area contributed by atoms with E-state index in [0.717, 1.165) is 12.0 Å². The van der Waals surface area contributed by atoms with Gasteiger partial charge in [-0.1, -0.05) is 19.1 Å². The second kappa shape index (κ2) is 4.60. The maximum Gasteiger partial charge on any atom is 0.252 e. The van der Waals surface area contributed by atoms with Crippen LogP contribution in [0.4, 0.5) is 5.82 Å². The van der Waals surface area contributed by atoms with E-state index in [4.69, 9.17) is 0 Å². The van der Waals surface area contributed by atoms with Crippen molar-refractivity contribution in [1.29, 1.82) is 0 Å². The number of rotatable bonds is 4. The highest BCUT2D eigenvalue weighted by atomic mass is 16.1. The van der Waals surface area contributed by atoms with Crippen LogP contribution < -0.4 is 10.9 Å². The largest absolute Gasteiger partial charge is 0.366 e. The van der Waals surface area contributed by atoms with Crippen molar-refractivity contribution in [1.82, 2.24) is 9.97 Å². The molecule has 0 unspecified atom stereocenters. The number of aromatic nitrogens is 2. The van der Waals surface area contributed by atoms with Gasteiger partial charge in [-0.2, -0.15) is 0 Å². The zero-order chi connectivity index (χ0) is 10.6. The van der Waals surface area contributed by atoms with E-state index in [9.17, 15) is 4.79 Å². The maximum absolute atomic E-state index is 11.1. The molecule has 0 atom stereocenters. The van der Waals surface area contributed by atoms with E-state index in [0.29, 0.717) is 18.2 Å². The molecule has 1 heterocycles. The van der Waals surface area contributed by atoms with Gasteiger partial charge in [-0.3, -0.25) is 4.79 Å². The Kier molecular flexibility index (Phi) is 3.45. The molecule has 76 valence electrons. The molecular weight excluding hydrogens is 178 g/mol. The molecular formula is C10H15N3O. The SMILES string of the molecule is C=C(CC)CNc1cc(=O)[nH]c(C)n1. The molecule has 0 spiro atoms. The molecule has 0 amide bonds. The summed E-state index contributed by atoms with van der Waals surface area (Å²) >= 11 is 0. The van der Waals surface area contributed by atoms with Crippen LogP contribution in [0.5, 0.6) is 0 Å². The molecule has 0 aliphatic heterocycles. The van der Waals surface area contributed by atoms with Gasteiger partial charge in [-0.15, -0.1) is 0 Å². The summed E-state index contributed by atoms with van der Waals surface area (Å²) in [6.07, 6.45) is 0.926. The predicted octanol–water partition coefficient (Wildman–Crippen LogP) is 1.46. The van der Waals surface area contributed by atoms with Gasteiger partial charge >= 0.3 is 0 Å². The zero-order valence-corrected chi connectivity index (χ0v) is 8.55. The second-order valence-electron chi connectivity index (χ2n) is 3.17. The van der Waals surface area contributed by atoms with Crippen molar-refractivity contribution in [2.24, 2.45) is 0 Å². The van der Waals surface area contributed by atoms with Gasteiger partial charge < -0.3 is 10.3 Å². The Hall–Kier alpha value is -1.58. The Bertz CT molecular complexity index is 381. The van der Waals surface area contributed by atoms with E-state index in [1.807, 2.05) is 6.92 Å². The highest BCUT2D eigenvalue weighted by Crippen LogP contribution is 2.01. The lowest BCUT2D eigenvalue weighted by Crippen LogP contribution is -2.13. The Morgan fingerprint density at radius 3 is 3.00 bits per heavy atom. The fourth-order valence-electron chi connectivity index (χ4n) is 1.01. The van der Waals surface area contributed by atoms with Crippen molar-refractivity contribution < 1.29 is 0 Å². The van der Waals surface area contributed by atoms with Crippen molar-refractivity contribution >= 4 is 5.82 Å². The molecule has 1 aromatic rings. The second-order valence-corrected chi connectivity index (χ2v) is 3.17. The third-order valence-corrected chi connectivity index (χ3v) is 1.88. The number of nitrogens with zero attached hydrogens (tertiary/aromatic N) is 1. The first-order valence-corrected chi connectivity index (χ1v) is 4.60. The van der Waals surface area contributed by atoms with Gasteiger partial charge in [0.1, 0.15) is 11.6 Å². The average molecular weight is 193 g/mol. The van der Waals surface area contributed by atoms with Gasteiger partial charge in [0.15, 0.2) is 0 Å². The van der Waals surface area contributed by atoms with Crippen LogP contribution in [0.25, 0.3) is 0 Å². The third kappa shape index (κ3) is 3.05. The number of H-pyrrole nitrogens is 1. The fourth-order valence-corrected chi connectivity index (χ4v) is 1.01. The summed E-state index contributed by atoms with van der Waals surface area (Å²) < 4.78 is 0. The first-order chi connectivity index (χ1) is 6.61. The Morgan fingerprint density at radius 1 is 1.71 bits per heavy atom. The van der Waals surface area contributed by atoms with Gasteiger partial charge in [-0.05, 0) is 13.3 Å². The minimum atomic E-state index is -0.137. The number of hydrogen-bond acceptors (Lipinski definition) is 3. The lowest BCUT2D eigenvalue weighted by molar-refractivity contribution is 0.991. The summed E-state index contributed by atoms with van der Waals surface area (Å²) in [5.41, 5.74) is 0.951. The van der Waals surface area contributed by atoms with Crippen LogP contribution in [0.1, 0.15) is 19.2 Å². The monoisotopic (exact) mass is 193 g/mol. The fraction of sp³-hybridized carbons (Fsp3) is 0.400. The van der Waals surface area contributed by atoms with Crippen molar-refractivity contribution in [3.63, 3.8) is 0 Å². The van der Waals surface area contributed by atoms with Gasteiger partial charge in [-0.25, -0.2) is 4.98 Å². The smallest absolute Gasteiger partial charge is 0.252 e. The van der Waals surface area contributed by atoms with E-state index in [-0.39, 0.29) is 5.56 Å². The predicted molar refractivity (Wildman–Crippen MR) is 57.5 cm³/mol. The van der Waals surface area contributed by atoms with Crippen molar-refractivity contribution in [3.05, 3.63) is 34.4 Å². The molecule has 0 bridgehead atoms. The van der Waals surface area contributed by atoms with Gasteiger partial charge in [0, 0.05) is 12.6 Å². The Morgan fingerprint density at radius 2 is 2.43 bits per heavy atom. The minimum Gasteiger partial charge on any atom is -0.366 e. The molecule has 4 nitrogen and oxygen atoms in total. The van der Waals surface area contributed by atoms with Crippen LogP contribution in [0.15, 0.2) is 23.0 Å². The van der Waals surface area contributed by atoms with Crippen molar-refractivity contribution in [2.75, 3.05) is 11.9 Å². The molecule has 1 aromatic heterocycles. The Labute approximate surface area is 83.1 Å². The molecule has 0 aliphatic carbocycles. The quantitative estimate of drug-likeness (QED) is 0.712. The van der Waals surface area contributed by atoms with E-state index in [2.05, 4.69) is 21.9 Å². The molecule has 14 heavy (non-hydrogen) atoms. The van der Waals surface area contributed by atoms with Crippen molar-refractivity contribution in [3.8, 4) is 0 Å². The molecule has 4 heteroatoms. The zero-order valence-electron chi connectivity index (χ0n) is 8.55. The molecule has 2 N–H and O–H groups in total. The van der Waals surface area contributed by atoms with Gasteiger partial charge in [0.05, 0.1) is 0 Å². The topological polar surface area (TPSA) is 57.8 Å². The molecule has 0 aromatic carbocycles. The third-order valence-electron chi connectivity index (χ3n) is 1.88. The van der Waals surface area contributed by atoms with Crippen LogP contribution in [0.2, 0.25) is 0 Å². The van der Waals surface area contributed by atoms with Crippen LogP contribution in [-0.2, 0) is 0 Å². The standard InChI is InChI=1S/C10H15N3O/c1-4-7(2)6-11-9-5-10(14)13-8(3)12-9/h5H,2,4,6H2,1,3H3,(H2,11,12,13,14). The summed E-state index contributed by atoms with van der Waals surface area (Å²) in [5.74, 6) is 1.21. The summed E-state index contributed by atoms with van der Waals surface area (Å²) in [4.78, 5) is 17.8. The lowest BCUT2D eigenvalue weighted by atomic mass is 10.2. The summed E-state index contributed by atoms with van der Waals surface area (Å²) in [6.45, 7) is 8.31. The van der Waals surface area contributed by atoms with Gasteiger partial charge in [0.2, 0.25) is 0 Å². The number of aromatic amines is 1. The molecule has 0 fully saturated rings. The van der Waals surface area contributed by atoms with Crippen LogP contribution >= 0.6 is 0 Å².